The van der Waals surface area contributed by atoms with Gasteiger partial charge < -0.3 is 9.88 Å². The maximum Gasteiger partial charge on any atom is 0.0483 e. The summed E-state index contributed by atoms with van der Waals surface area (Å²) in [6.45, 7) is 10.3. The molecule has 0 radical (unpaired) electrons. The highest BCUT2D eigenvalue weighted by Crippen LogP contribution is 2.22. The van der Waals surface area contributed by atoms with Crippen LogP contribution in [0.15, 0.2) is 43.1 Å². The number of allylic oxidation sites excluding steroid dienone is 1. The molecule has 2 nitrogen and oxygen atoms in total. The van der Waals surface area contributed by atoms with Gasteiger partial charge in [-0.05, 0) is 37.4 Å². The van der Waals surface area contributed by atoms with Crippen LogP contribution >= 0.6 is 0 Å². The molecule has 0 saturated carbocycles. The first-order valence-electron chi connectivity index (χ1n) is 7.63. The minimum Gasteiger partial charge on any atom is -0.347 e. The molecule has 2 aromatic rings. The molecule has 0 bridgehead atoms. The van der Waals surface area contributed by atoms with Gasteiger partial charge in [0, 0.05) is 29.7 Å². The summed E-state index contributed by atoms with van der Waals surface area (Å²) in [5.41, 5.74) is 2.82. The second kappa shape index (κ2) is 7.30. The molecule has 0 fully saturated rings. The number of nitrogens with zero attached hydrogens (tertiary/aromatic N) is 1. The summed E-state index contributed by atoms with van der Waals surface area (Å²) in [5.74, 6) is 0. The first-order chi connectivity index (χ1) is 9.72. The van der Waals surface area contributed by atoms with Crippen molar-refractivity contribution in [2.75, 3.05) is 6.54 Å². The molecule has 0 aliphatic rings. The summed E-state index contributed by atoms with van der Waals surface area (Å²) < 4.78 is 2.36. The third-order valence-electron chi connectivity index (χ3n) is 3.62. The SMILES string of the molecule is C=CCCn1cc(CCCNC(C)C)c2ccccc21. The van der Waals surface area contributed by atoms with Gasteiger partial charge in [0.05, 0.1) is 0 Å². The molecule has 0 spiro atoms. The molecule has 1 aromatic heterocycles. The zero-order valence-corrected chi connectivity index (χ0v) is 12.7. The lowest BCUT2D eigenvalue weighted by Gasteiger charge is -2.07. The van der Waals surface area contributed by atoms with E-state index in [2.05, 4.69) is 60.8 Å². The first-order valence-corrected chi connectivity index (χ1v) is 7.63. The zero-order valence-electron chi connectivity index (χ0n) is 12.7. The van der Waals surface area contributed by atoms with E-state index in [1.54, 1.807) is 0 Å². The molecule has 0 aliphatic heterocycles. The molecule has 0 amide bonds. The third kappa shape index (κ3) is 3.73. The summed E-state index contributed by atoms with van der Waals surface area (Å²) >= 11 is 0. The number of benzene rings is 1. The fourth-order valence-corrected chi connectivity index (χ4v) is 2.61. The van der Waals surface area contributed by atoms with Crippen LogP contribution in [0.2, 0.25) is 0 Å². The Labute approximate surface area is 122 Å². The van der Waals surface area contributed by atoms with Crippen LogP contribution in [0, 0.1) is 0 Å². The highest BCUT2D eigenvalue weighted by Gasteiger charge is 2.07. The maximum absolute atomic E-state index is 3.82. The summed E-state index contributed by atoms with van der Waals surface area (Å²) in [6, 6.07) is 9.29. The van der Waals surface area contributed by atoms with Gasteiger partial charge in [0.2, 0.25) is 0 Å². The zero-order chi connectivity index (χ0) is 14.4. The molecule has 2 rings (SSSR count). The Balaban J connectivity index is 2.09. The average Bonchev–Trinajstić information content (AvgIpc) is 2.80. The number of hydrogen-bond acceptors (Lipinski definition) is 1. The smallest absolute Gasteiger partial charge is 0.0483 e. The topological polar surface area (TPSA) is 17.0 Å². The number of nitrogens with one attached hydrogen (secondary N) is 1. The van der Waals surface area contributed by atoms with E-state index >= 15 is 0 Å². The summed E-state index contributed by atoms with van der Waals surface area (Å²) in [7, 11) is 0. The molecular formula is C18H26N2. The van der Waals surface area contributed by atoms with Crippen molar-refractivity contribution in [3.8, 4) is 0 Å². The number of para-hydroxylation sites is 1. The number of fused-ring (bicyclic) bond motifs is 1. The maximum atomic E-state index is 3.82. The van der Waals surface area contributed by atoms with Crippen LogP contribution in [0.4, 0.5) is 0 Å². The van der Waals surface area contributed by atoms with Crippen LogP contribution in [-0.4, -0.2) is 17.2 Å². The highest BCUT2D eigenvalue weighted by atomic mass is 15.0. The van der Waals surface area contributed by atoms with Crippen LogP contribution in [-0.2, 0) is 13.0 Å². The second-order valence-corrected chi connectivity index (χ2v) is 5.65. The number of aromatic nitrogens is 1. The van der Waals surface area contributed by atoms with E-state index in [9.17, 15) is 0 Å². The largest absolute Gasteiger partial charge is 0.347 e. The monoisotopic (exact) mass is 270 g/mol. The molecular weight excluding hydrogens is 244 g/mol. The Kier molecular flexibility index (Phi) is 5.42. The van der Waals surface area contributed by atoms with Crippen molar-refractivity contribution in [3.63, 3.8) is 0 Å². The van der Waals surface area contributed by atoms with Crippen molar-refractivity contribution < 1.29 is 0 Å². The molecule has 1 N–H and O–H groups in total. The number of rotatable bonds is 8. The first kappa shape index (κ1) is 14.9. The van der Waals surface area contributed by atoms with Crippen LogP contribution in [0.3, 0.4) is 0 Å². The van der Waals surface area contributed by atoms with Crippen molar-refractivity contribution >= 4 is 10.9 Å². The standard InChI is InChI=1S/C18H26N2/c1-4-5-13-20-14-16(9-8-12-19-15(2)3)17-10-6-7-11-18(17)20/h4,6-7,10-11,14-15,19H,1,5,8-9,12-13H2,2-3H3. The molecule has 0 unspecified atom stereocenters. The second-order valence-electron chi connectivity index (χ2n) is 5.65. The molecule has 108 valence electrons. The minimum atomic E-state index is 0.573. The van der Waals surface area contributed by atoms with E-state index < -0.39 is 0 Å². The van der Waals surface area contributed by atoms with Gasteiger partial charge in [-0.25, -0.2) is 0 Å². The van der Waals surface area contributed by atoms with E-state index in [4.69, 9.17) is 0 Å². The van der Waals surface area contributed by atoms with Gasteiger partial charge in [0.15, 0.2) is 0 Å². The Hall–Kier alpha value is -1.54. The van der Waals surface area contributed by atoms with Crippen LogP contribution in [0.1, 0.15) is 32.3 Å². The van der Waals surface area contributed by atoms with Crippen molar-refractivity contribution in [2.24, 2.45) is 0 Å². The lowest BCUT2D eigenvalue weighted by atomic mass is 10.1. The Bertz CT molecular complexity index is 552. The average molecular weight is 270 g/mol. The lowest BCUT2D eigenvalue weighted by molar-refractivity contribution is 0.570. The van der Waals surface area contributed by atoms with E-state index in [0.717, 1.165) is 25.9 Å². The minimum absolute atomic E-state index is 0.573. The molecule has 0 aliphatic carbocycles. The highest BCUT2D eigenvalue weighted by molar-refractivity contribution is 5.83. The van der Waals surface area contributed by atoms with Crippen molar-refractivity contribution in [1.29, 1.82) is 0 Å². The number of aryl methyl sites for hydroxylation is 2. The molecule has 0 atom stereocenters. The molecule has 1 heterocycles. The third-order valence-corrected chi connectivity index (χ3v) is 3.62. The fraction of sp³-hybridized carbons (Fsp3) is 0.444. The Morgan fingerprint density at radius 1 is 1.30 bits per heavy atom. The van der Waals surface area contributed by atoms with Crippen molar-refractivity contribution in [3.05, 3.63) is 48.7 Å². The summed E-state index contributed by atoms with van der Waals surface area (Å²) in [4.78, 5) is 0. The lowest BCUT2D eigenvalue weighted by Crippen LogP contribution is -2.23. The predicted molar refractivity (Wildman–Crippen MR) is 88.2 cm³/mol. The van der Waals surface area contributed by atoms with Crippen LogP contribution in [0.25, 0.3) is 10.9 Å². The van der Waals surface area contributed by atoms with Crippen molar-refractivity contribution in [2.45, 2.75) is 45.7 Å². The predicted octanol–water partition coefficient (Wildman–Crippen LogP) is 4.15. The molecule has 1 aromatic carbocycles. The van der Waals surface area contributed by atoms with Gasteiger partial charge in [-0.3, -0.25) is 0 Å². The van der Waals surface area contributed by atoms with E-state index in [0.29, 0.717) is 6.04 Å². The van der Waals surface area contributed by atoms with Gasteiger partial charge in [-0.15, -0.1) is 6.58 Å². The van der Waals surface area contributed by atoms with Crippen molar-refractivity contribution in [1.82, 2.24) is 9.88 Å². The summed E-state index contributed by atoms with van der Waals surface area (Å²) in [5, 5.41) is 4.89. The van der Waals surface area contributed by atoms with Gasteiger partial charge in [0.25, 0.3) is 0 Å². The fourth-order valence-electron chi connectivity index (χ4n) is 2.61. The van der Waals surface area contributed by atoms with E-state index in [-0.39, 0.29) is 0 Å². The Morgan fingerprint density at radius 3 is 2.85 bits per heavy atom. The van der Waals surface area contributed by atoms with Gasteiger partial charge in [-0.2, -0.15) is 0 Å². The molecule has 0 saturated heterocycles. The quantitative estimate of drug-likeness (QED) is 0.563. The Morgan fingerprint density at radius 2 is 2.10 bits per heavy atom. The number of hydrogen-bond donors (Lipinski definition) is 1. The van der Waals surface area contributed by atoms with Gasteiger partial charge in [0.1, 0.15) is 0 Å². The molecule has 2 heteroatoms. The van der Waals surface area contributed by atoms with E-state index in [1.807, 2.05) is 6.08 Å². The molecule has 20 heavy (non-hydrogen) atoms. The summed E-state index contributed by atoms with van der Waals surface area (Å²) in [6.07, 6.45) is 7.66. The van der Waals surface area contributed by atoms with Crippen LogP contribution < -0.4 is 5.32 Å². The van der Waals surface area contributed by atoms with Gasteiger partial charge in [-0.1, -0.05) is 38.1 Å². The van der Waals surface area contributed by atoms with Crippen LogP contribution in [0.5, 0.6) is 0 Å². The normalized spacial score (nSPS) is 11.3. The van der Waals surface area contributed by atoms with E-state index in [1.165, 1.54) is 22.9 Å². The van der Waals surface area contributed by atoms with Gasteiger partial charge >= 0.3 is 0 Å².